The lowest BCUT2D eigenvalue weighted by molar-refractivity contribution is -0.117. The van der Waals surface area contributed by atoms with Gasteiger partial charge in [-0.05, 0) is 24.0 Å². The molecule has 0 spiro atoms. The standard InChI is InChI=1S/C13H12N2OS/c16-12(15-13-14-7-8-17-13)11-6-5-9-3-1-2-4-10(9)11/h1-4,7-8,11H,5-6H2,(H,14,15,16)/t11-/m0/s1. The van der Waals surface area contributed by atoms with E-state index in [1.165, 1.54) is 22.5 Å². The van der Waals surface area contributed by atoms with Crippen LogP contribution >= 0.6 is 11.3 Å². The van der Waals surface area contributed by atoms with Crippen LogP contribution in [0.3, 0.4) is 0 Å². The number of benzene rings is 1. The van der Waals surface area contributed by atoms with Crippen molar-refractivity contribution in [1.29, 1.82) is 0 Å². The van der Waals surface area contributed by atoms with Crippen molar-refractivity contribution in [1.82, 2.24) is 4.98 Å². The van der Waals surface area contributed by atoms with Crippen LogP contribution in [0.4, 0.5) is 5.13 Å². The van der Waals surface area contributed by atoms with E-state index in [1.54, 1.807) is 6.20 Å². The van der Waals surface area contributed by atoms with E-state index in [2.05, 4.69) is 22.4 Å². The van der Waals surface area contributed by atoms with Crippen LogP contribution in [0, 0.1) is 0 Å². The Hall–Kier alpha value is -1.68. The first-order chi connectivity index (χ1) is 8.34. The maximum absolute atomic E-state index is 12.1. The molecule has 1 aliphatic carbocycles. The average Bonchev–Trinajstić information content (AvgIpc) is 2.96. The summed E-state index contributed by atoms with van der Waals surface area (Å²) in [4.78, 5) is 16.2. The first kappa shape index (κ1) is 10.5. The van der Waals surface area contributed by atoms with Gasteiger partial charge >= 0.3 is 0 Å². The number of carbonyl (C=O) groups excluding carboxylic acids is 1. The van der Waals surface area contributed by atoms with Crippen molar-refractivity contribution in [3.8, 4) is 0 Å². The molecular formula is C13H12N2OS. The highest BCUT2D eigenvalue weighted by molar-refractivity contribution is 7.13. The number of hydrogen-bond donors (Lipinski definition) is 1. The number of carbonyl (C=O) groups is 1. The van der Waals surface area contributed by atoms with Gasteiger partial charge in [0.1, 0.15) is 0 Å². The zero-order valence-electron chi connectivity index (χ0n) is 9.22. The minimum absolute atomic E-state index is 0.0184. The van der Waals surface area contributed by atoms with Crippen molar-refractivity contribution >= 4 is 22.4 Å². The molecule has 1 aromatic carbocycles. The molecular weight excluding hydrogens is 232 g/mol. The van der Waals surface area contributed by atoms with E-state index in [4.69, 9.17) is 0 Å². The molecule has 3 nitrogen and oxygen atoms in total. The molecule has 1 atom stereocenters. The molecule has 4 heteroatoms. The molecule has 1 N–H and O–H groups in total. The van der Waals surface area contributed by atoms with Gasteiger partial charge in [-0.15, -0.1) is 11.3 Å². The minimum atomic E-state index is -0.0184. The Kier molecular flexibility index (Phi) is 2.65. The Morgan fingerprint density at radius 3 is 3.12 bits per heavy atom. The van der Waals surface area contributed by atoms with Gasteiger partial charge in [0.15, 0.2) is 5.13 Å². The van der Waals surface area contributed by atoms with Gasteiger partial charge in [-0.25, -0.2) is 4.98 Å². The van der Waals surface area contributed by atoms with Crippen molar-refractivity contribution < 1.29 is 4.79 Å². The summed E-state index contributed by atoms with van der Waals surface area (Å²) in [6, 6.07) is 8.17. The molecule has 17 heavy (non-hydrogen) atoms. The van der Waals surface area contributed by atoms with Gasteiger partial charge in [-0.3, -0.25) is 4.79 Å². The maximum atomic E-state index is 12.1. The zero-order valence-corrected chi connectivity index (χ0v) is 10.0. The molecule has 0 bridgehead atoms. The highest BCUT2D eigenvalue weighted by atomic mass is 32.1. The fraction of sp³-hybridized carbons (Fsp3) is 0.231. The van der Waals surface area contributed by atoms with Gasteiger partial charge in [0.05, 0.1) is 5.92 Å². The Morgan fingerprint density at radius 1 is 1.41 bits per heavy atom. The van der Waals surface area contributed by atoms with E-state index in [-0.39, 0.29) is 11.8 Å². The number of nitrogens with one attached hydrogen (secondary N) is 1. The summed E-state index contributed by atoms with van der Waals surface area (Å²) in [5.74, 6) is 0.0417. The van der Waals surface area contributed by atoms with Gasteiger partial charge in [-0.2, -0.15) is 0 Å². The second kappa shape index (κ2) is 4.30. The van der Waals surface area contributed by atoms with Crippen LogP contribution in [0.5, 0.6) is 0 Å². The molecule has 0 fully saturated rings. The number of anilines is 1. The number of amides is 1. The molecule has 0 aliphatic heterocycles. The average molecular weight is 244 g/mol. The van der Waals surface area contributed by atoms with E-state index in [0.717, 1.165) is 12.8 Å². The lowest BCUT2D eigenvalue weighted by atomic mass is 10.0. The predicted octanol–water partition coefficient (Wildman–Crippen LogP) is 2.81. The molecule has 86 valence electrons. The highest BCUT2D eigenvalue weighted by Crippen LogP contribution is 2.33. The number of rotatable bonds is 2. The van der Waals surface area contributed by atoms with Crippen molar-refractivity contribution in [2.75, 3.05) is 5.32 Å². The number of fused-ring (bicyclic) bond motifs is 1. The van der Waals surface area contributed by atoms with Crippen LogP contribution in [-0.4, -0.2) is 10.9 Å². The number of aromatic nitrogens is 1. The number of nitrogens with zero attached hydrogens (tertiary/aromatic N) is 1. The number of thiazole rings is 1. The highest BCUT2D eigenvalue weighted by Gasteiger charge is 2.28. The fourth-order valence-electron chi connectivity index (χ4n) is 2.31. The van der Waals surface area contributed by atoms with Gasteiger partial charge < -0.3 is 5.32 Å². The van der Waals surface area contributed by atoms with Crippen molar-refractivity contribution in [3.05, 3.63) is 47.0 Å². The summed E-state index contributed by atoms with van der Waals surface area (Å²) in [5, 5.41) is 5.41. The molecule has 1 aromatic heterocycles. The first-order valence-corrected chi connectivity index (χ1v) is 6.51. The smallest absolute Gasteiger partial charge is 0.233 e. The Bertz CT molecular complexity index is 536. The topological polar surface area (TPSA) is 42.0 Å². The summed E-state index contributed by atoms with van der Waals surface area (Å²) < 4.78 is 0. The molecule has 3 rings (SSSR count). The van der Waals surface area contributed by atoms with Crippen molar-refractivity contribution in [3.63, 3.8) is 0 Å². The van der Waals surface area contributed by atoms with Gasteiger partial charge in [0, 0.05) is 11.6 Å². The van der Waals surface area contributed by atoms with E-state index < -0.39 is 0 Å². The molecule has 0 saturated carbocycles. The van der Waals surface area contributed by atoms with Crippen molar-refractivity contribution in [2.45, 2.75) is 18.8 Å². The normalized spacial score (nSPS) is 17.8. The SMILES string of the molecule is O=C(Nc1nccs1)[C@H]1CCc2ccccc21. The fourth-order valence-corrected chi connectivity index (χ4v) is 2.84. The van der Waals surface area contributed by atoms with Crippen molar-refractivity contribution in [2.24, 2.45) is 0 Å². The van der Waals surface area contributed by atoms with Crippen LogP contribution in [0.25, 0.3) is 0 Å². The van der Waals surface area contributed by atoms with Crippen LogP contribution < -0.4 is 5.32 Å². The Balaban J connectivity index is 1.80. The summed E-state index contributed by atoms with van der Waals surface area (Å²) in [5.41, 5.74) is 2.47. The quantitative estimate of drug-likeness (QED) is 0.882. The largest absolute Gasteiger partial charge is 0.301 e. The predicted molar refractivity (Wildman–Crippen MR) is 68.2 cm³/mol. The third-order valence-electron chi connectivity index (χ3n) is 3.11. The van der Waals surface area contributed by atoms with Gasteiger partial charge in [0.25, 0.3) is 0 Å². The molecule has 0 radical (unpaired) electrons. The van der Waals surface area contributed by atoms with Crippen LogP contribution in [-0.2, 0) is 11.2 Å². The zero-order chi connectivity index (χ0) is 11.7. The second-order valence-corrected chi connectivity index (χ2v) is 5.01. The number of hydrogen-bond acceptors (Lipinski definition) is 3. The summed E-state index contributed by atoms with van der Waals surface area (Å²) in [6.45, 7) is 0. The first-order valence-electron chi connectivity index (χ1n) is 5.63. The maximum Gasteiger partial charge on any atom is 0.233 e. The van der Waals surface area contributed by atoms with E-state index >= 15 is 0 Å². The summed E-state index contributed by atoms with van der Waals surface area (Å²) in [6.07, 6.45) is 3.59. The molecule has 1 heterocycles. The molecule has 2 aromatic rings. The minimum Gasteiger partial charge on any atom is -0.301 e. The summed E-state index contributed by atoms with van der Waals surface area (Å²) in [7, 11) is 0. The third-order valence-corrected chi connectivity index (χ3v) is 3.80. The van der Waals surface area contributed by atoms with Crippen LogP contribution in [0.2, 0.25) is 0 Å². The van der Waals surface area contributed by atoms with E-state index in [0.29, 0.717) is 5.13 Å². The second-order valence-electron chi connectivity index (χ2n) is 4.12. The van der Waals surface area contributed by atoms with Crippen LogP contribution in [0.1, 0.15) is 23.5 Å². The Morgan fingerprint density at radius 2 is 2.29 bits per heavy atom. The monoisotopic (exact) mass is 244 g/mol. The lowest BCUT2D eigenvalue weighted by Crippen LogP contribution is -2.19. The van der Waals surface area contributed by atoms with Gasteiger partial charge in [0.2, 0.25) is 5.91 Å². The Labute approximate surface area is 104 Å². The van der Waals surface area contributed by atoms with Gasteiger partial charge in [-0.1, -0.05) is 24.3 Å². The summed E-state index contributed by atoms with van der Waals surface area (Å²) >= 11 is 1.45. The third kappa shape index (κ3) is 1.96. The molecule has 0 unspecified atom stereocenters. The molecule has 1 aliphatic rings. The van der Waals surface area contributed by atoms with E-state index in [1.807, 2.05) is 17.5 Å². The molecule has 0 saturated heterocycles. The van der Waals surface area contributed by atoms with E-state index in [9.17, 15) is 4.79 Å². The molecule has 1 amide bonds. The number of aryl methyl sites for hydroxylation is 1. The van der Waals surface area contributed by atoms with Crippen LogP contribution in [0.15, 0.2) is 35.8 Å². The lowest BCUT2D eigenvalue weighted by Gasteiger charge is -2.10.